The summed E-state index contributed by atoms with van der Waals surface area (Å²) in [5.74, 6) is 1.13. The van der Waals surface area contributed by atoms with E-state index in [1.807, 2.05) is 38.1 Å². The summed E-state index contributed by atoms with van der Waals surface area (Å²) in [5.41, 5.74) is 0.677. The molecule has 12 heteroatoms. The largest absolute Gasteiger partial charge is 0.491 e. The van der Waals surface area contributed by atoms with Gasteiger partial charge in [-0.2, -0.15) is 0 Å². The van der Waals surface area contributed by atoms with E-state index in [-0.39, 0.29) is 49.7 Å². The van der Waals surface area contributed by atoms with Crippen molar-refractivity contribution >= 4 is 17.7 Å². The fourth-order valence-corrected chi connectivity index (χ4v) is 5.82. The van der Waals surface area contributed by atoms with Crippen LogP contribution in [0.2, 0.25) is 0 Å². The molecule has 1 aliphatic carbocycles. The molecule has 3 aromatic rings. The molecule has 3 heterocycles. The molecule has 3 amide bonds. The van der Waals surface area contributed by atoms with Gasteiger partial charge in [-0.25, -0.2) is 4.98 Å². The SMILES string of the molecule is CCN1CC(=O)N[C@H]2CN(C(=O)c3cnc(C4CC4)[nH]c3=O)CC[C@@H]2OCc2cccc(c2)Oc2cc(OC(C)C)cc(c2)C1=O. The molecular weight excluding hydrogens is 590 g/mol. The van der Waals surface area contributed by atoms with E-state index in [1.54, 1.807) is 30.0 Å². The molecule has 3 aliphatic rings. The van der Waals surface area contributed by atoms with Crippen LogP contribution in [-0.2, 0) is 16.1 Å². The lowest BCUT2D eigenvalue weighted by molar-refractivity contribution is -0.124. The van der Waals surface area contributed by atoms with Crippen molar-refractivity contribution in [2.24, 2.45) is 0 Å². The van der Waals surface area contributed by atoms with Gasteiger partial charge in [-0.1, -0.05) is 12.1 Å². The second kappa shape index (κ2) is 13.3. The average molecular weight is 630 g/mol. The van der Waals surface area contributed by atoms with E-state index in [4.69, 9.17) is 14.2 Å². The lowest BCUT2D eigenvalue weighted by Crippen LogP contribution is -2.58. The van der Waals surface area contributed by atoms with Gasteiger partial charge in [0.25, 0.3) is 17.4 Å². The van der Waals surface area contributed by atoms with Crippen LogP contribution >= 0.6 is 0 Å². The van der Waals surface area contributed by atoms with Crippen molar-refractivity contribution in [3.05, 3.63) is 81.5 Å². The van der Waals surface area contributed by atoms with Crippen LogP contribution in [0.5, 0.6) is 17.2 Å². The number of likely N-dealkylation sites (N-methyl/N-ethyl adjacent to an activating group) is 1. The third-order valence-corrected chi connectivity index (χ3v) is 8.30. The Hall–Kier alpha value is -4.71. The Morgan fingerprint density at radius 3 is 2.65 bits per heavy atom. The Kier molecular flexibility index (Phi) is 9.07. The highest BCUT2D eigenvalue weighted by molar-refractivity contribution is 5.97. The summed E-state index contributed by atoms with van der Waals surface area (Å²) in [6.07, 6.45) is 3.18. The first-order valence-corrected chi connectivity index (χ1v) is 15.8. The Morgan fingerprint density at radius 1 is 1.09 bits per heavy atom. The number of piperidine rings is 1. The fraction of sp³-hybridized carbons (Fsp3) is 0.441. The van der Waals surface area contributed by atoms with Crippen LogP contribution in [0, 0.1) is 0 Å². The van der Waals surface area contributed by atoms with Gasteiger partial charge in [-0.15, -0.1) is 0 Å². The molecule has 46 heavy (non-hydrogen) atoms. The summed E-state index contributed by atoms with van der Waals surface area (Å²) >= 11 is 0. The number of carbonyl (C=O) groups is 3. The number of nitrogens with zero attached hydrogens (tertiary/aromatic N) is 3. The van der Waals surface area contributed by atoms with Crippen LogP contribution < -0.4 is 20.3 Å². The van der Waals surface area contributed by atoms with Gasteiger partial charge < -0.3 is 34.3 Å². The quantitative estimate of drug-likeness (QED) is 0.436. The number of benzene rings is 2. The molecule has 0 spiro atoms. The number of ether oxygens (including phenoxy) is 3. The smallest absolute Gasteiger partial charge is 0.263 e. The molecule has 0 radical (unpaired) electrons. The molecule has 2 aromatic carbocycles. The van der Waals surface area contributed by atoms with Crippen LogP contribution in [0.25, 0.3) is 0 Å². The van der Waals surface area contributed by atoms with Crippen molar-refractivity contribution in [3.8, 4) is 17.2 Å². The highest BCUT2D eigenvalue weighted by Gasteiger charge is 2.35. The maximum atomic E-state index is 13.7. The minimum atomic E-state index is -0.585. The summed E-state index contributed by atoms with van der Waals surface area (Å²) in [6.45, 7) is 6.37. The standard InChI is InChI=1S/C34H39N5O7/c1-4-38-18-30(40)36-28-17-39(34(43)27-16-35-31(22-8-9-22)37-32(27)41)11-10-29(28)44-19-21-6-5-7-24(12-21)46-26-14-23(33(38)42)13-25(15-26)45-20(2)3/h5-7,12-16,20,22,28-29H,4,8-11,17-19H2,1-3H3,(H,36,40)(H,35,37,41)/t28-,29-/m0/s1. The summed E-state index contributed by atoms with van der Waals surface area (Å²) < 4.78 is 18.4. The minimum Gasteiger partial charge on any atom is -0.491 e. The molecule has 2 N–H and O–H groups in total. The maximum absolute atomic E-state index is 13.7. The first-order valence-electron chi connectivity index (χ1n) is 15.8. The molecule has 1 saturated carbocycles. The van der Waals surface area contributed by atoms with E-state index >= 15 is 0 Å². The van der Waals surface area contributed by atoms with Crippen molar-refractivity contribution in [1.82, 2.24) is 25.1 Å². The maximum Gasteiger partial charge on any atom is 0.263 e. The number of hydrogen-bond donors (Lipinski definition) is 2. The lowest BCUT2D eigenvalue weighted by Gasteiger charge is -2.39. The summed E-state index contributed by atoms with van der Waals surface area (Å²) in [5, 5.41) is 3.02. The number of fused-ring (bicyclic) bond motifs is 5. The third kappa shape index (κ3) is 7.23. The van der Waals surface area contributed by atoms with Crippen LogP contribution in [0.1, 0.15) is 78.1 Å². The number of hydrogen-bond acceptors (Lipinski definition) is 8. The molecule has 242 valence electrons. The van der Waals surface area contributed by atoms with Crippen molar-refractivity contribution in [3.63, 3.8) is 0 Å². The molecule has 2 atom stereocenters. The number of amides is 3. The molecule has 12 nitrogen and oxygen atoms in total. The summed E-state index contributed by atoms with van der Waals surface area (Å²) in [6, 6.07) is 11.9. The van der Waals surface area contributed by atoms with Gasteiger partial charge in [-0.3, -0.25) is 19.2 Å². The van der Waals surface area contributed by atoms with Gasteiger partial charge in [-0.05, 0) is 69.9 Å². The van der Waals surface area contributed by atoms with Crippen molar-refractivity contribution in [1.29, 1.82) is 0 Å². The lowest BCUT2D eigenvalue weighted by atomic mass is 10.0. The number of likely N-dealkylation sites (tertiary alicyclic amines) is 1. The fourth-order valence-electron chi connectivity index (χ4n) is 5.82. The molecule has 4 bridgehead atoms. The van der Waals surface area contributed by atoms with Crippen LogP contribution in [-0.4, -0.2) is 81.9 Å². The second-order valence-corrected chi connectivity index (χ2v) is 12.3. The zero-order valence-corrected chi connectivity index (χ0v) is 26.3. The first kappa shape index (κ1) is 31.3. The summed E-state index contributed by atoms with van der Waals surface area (Å²) in [7, 11) is 0. The predicted octanol–water partition coefficient (Wildman–Crippen LogP) is 3.62. The second-order valence-electron chi connectivity index (χ2n) is 12.3. The number of aromatic nitrogens is 2. The van der Waals surface area contributed by atoms with Gasteiger partial charge in [0.05, 0.1) is 31.4 Å². The zero-order valence-electron chi connectivity index (χ0n) is 26.3. The zero-order chi connectivity index (χ0) is 32.4. The highest BCUT2D eigenvalue weighted by atomic mass is 16.5. The number of carbonyl (C=O) groups excluding carboxylic acids is 3. The van der Waals surface area contributed by atoms with Crippen molar-refractivity contribution in [2.75, 3.05) is 26.2 Å². The molecule has 2 fully saturated rings. The monoisotopic (exact) mass is 629 g/mol. The molecular formula is C34H39N5O7. The molecule has 0 unspecified atom stereocenters. The number of nitrogens with one attached hydrogen (secondary N) is 2. The number of H-pyrrole nitrogens is 1. The van der Waals surface area contributed by atoms with E-state index in [2.05, 4.69) is 15.3 Å². The van der Waals surface area contributed by atoms with E-state index in [0.717, 1.165) is 18.4 Å². The average Bonchev–Trinajstić information content (AvgIpc) is 3.88. The Balaban J connectivity index is 1.27. The summed E-state index contributed by atoms with van der Waals surface area (Å²) in [4.78, 5) is 63.5. The Morgan fingerprint density at radius 2 is 1.91 bits per heavy atom. The van der Waals surface area contributed by atoms with Gasteiger partial charge in [0, 0.05) is 43.4 Å². The Bertz CT molecular complexity index is 1680. The van der Waals surface area contributed by atoms with Crippen LogP contribution in [0.3, 0.4) is 0 Å². The van der Waals surface area contributed by atoms with E-state index < -0.39 is 29.5 Å². The minimum absolute atomic E-state index is 0.0362. The van der Waals surface area contributed by atoms with E-state index in [0.29, 0.717) is 41.6 Å². The predicted molar refractivity (Wildman–Crippen MR) is 168 cm³/mol. The first-order chi connectivity index (χ1) is 22.2. The normalized spacial score (nSPS) is 20.5. The molecule has 1 saturated heterocycles. The Labute approximate surface area is 267 Å². The topological polar surface area (TPSA) is 143 Å². The molecule has 1 aromatic heterocycles. The van der Waals surface area contributed by atoms with Crippen molar-refractivity contribution in [2.45, 2.75) is 70.8 Å². The van der Waals surface area contributed by atoms with Gasteiger partial charge in [0.2, 0.25) is 5.91 Å². The number of aromatic amines is 1. The van der Waals surface area contributed by atoms with Gasteiger partial charge in [0.15, 0.2) is 0 Å². The van der Waals surface area contributed by atoms with Crippen molar-refractivity contribution < 1.29 is 28.6 Å². The number of rotatable bonds is 5. The van der Waals surface area contributed by atoms with Crippen LogP contribution in [0.4, 0.5) is 0 Å². The van der Waals surface area contributed by atoms with E-state index in [1.165, 1.54) is 11.1 Å². The molecule has 6 rings (SSSR count). The van der Waals surface area contributed by atoms with Gasteiger partial charge >= 0.3 is 0 Å². The van der Waals surface area contributed by atoms with Gasteiger partial charge in [0.1, 0.15) is 28.6 Å². The van der Waals surface area contributed by atoms with Crippen LogP contribution in [0.15, 0.2) is 53.5 Å². The molecule has 2 aliphatic heterocycles. The third-order valence-electron chi connectivity index (χ3n) is 8.30. The highest BCUT2D eigenvalue weighted by Crippen LogP contribution is 2.37. The van der Waals surface area contributed by atoms with E-state index in [9.17, 15) is 19.2 Å².